The molecule has 4 aliphatic carbocycles. The van der Waals surface area contributed by atoms with Gasteiger partial charge < -0.3 is 14.3 Å². The summed E-state index contributed by atoms with van der Waals surface area (Å²) in [5, 5.41) is 11.9. The summed E-state index contributed by atoms with van der Waals surface area (Å²) < 4.78 is 11.3. The molecular formula is C28H34O6. The number of aliphatic hydroxyl groups excluding tert-OH is 1. The molecule has 1 N–H and O–H groups in total. The van der Waals surface area contributed by atoms with Gasteiger partial charge in [-0.15, -0.1) is 0 Å². The summed E-state index contributed by atoms with van der Waals surface area (Å²) in [7, 11) is 0. The molecule has 0 aliphatic heterocycles. The van der Waals surface area contributed by atoms with Crippen molar-refractivity contribution < 1.29 is 28.6 Å². The molecule has 2 fully saturated rings. The monoisotopic (exact) mass is 466 g/mol. The molecule has 6 heteroatoms. The van der Waals surface area contributed by atoms with E-state index in [0.717, 1.165) is 11.1 Å². The van der Waals surface area contributed by atoms with Crippen LogP contribution in [0.4, 0.5) is 0 Å². The van der Waals surface area contributed by atoms with Crippen LogP contribution in [0, 0.1) is 33.5 Å². The second kappa shape index (κ2) is 7.03. The molecule has 0 saturated heterocycles. The summed E-state index contributed by atoms with van der Waals surface area (Å²) in [6, 6.07) is 1.81. The molecule has 4 aliphatic rings. The van der Waals surface area contributed by atoms with Crippen molar-refractivity contribution >= 4 is 17.5 Å². The Balaban J connectivity index is 1.72. The van der Waals surface area contributed by atoms with E-state index in [4.69, 9.17) is 9.15 Å². The minimum Gasteiger partial charge on any atom is -0.472 e. The van der Waals surface area contributed by atoms with Gasteiger partial charge in [-0.3, -0.25) is 14.4 Å². The van der Waals surface area contributed by atoms with Crippen LogP contribution in [-0.2, 0) is 19.1 Å². The highest BCUT2D eigenvalue weighted by atomic mass is 16.5. The normalized spacial score (nSPS) is 44.7. The Labute approximate surface area is 200 Å². The number of ether oxygens (including phenoxy) is 1. The number of rotatable bonds is 2. The summed E-state index contributed by atoms with van der Waals surface area (Å²) in [5.74, 6) is -1.29. The van der Waals surface area contributed by atoms with Gasteiger partial charge >= 0.3 is 5.97 Å². The molecule has 2 saturated carbocycles. The first-order chi connectivity index (χ1) is 15.8. The zero-order valence-electron chi connectivity index (χ0n) is 20.8. The predicted octanol–water partition coefficient (Wildman–Crippen LogP) is 4.39. The first-order valence-electron chi connectivity index (χ1n) is 12.2. The van der Waals surface area contributed by atoms with Gasteiger partial charge in [0.15, 0.2) is 11.6 Å². The number of hydrogen-bond acceptors (Lipinski definition) is 6. The predicted molar refractivity (Wildman–Crippen MR) is 125 cm³/mol. The Morgan fingerprint density at radius 2 is 1.88 bits per heavy atom. The van der Waals surface area contributed by atoms with Crippen LogP contribution in [0.3, 0.4) is 0 Å². The van der Waals surface area contributed by atoms with Crippen molar-refractivity contribution in [3.8, 4) is 0 Å². The molecule has 34 heavy (non-hydrogen) atoms. The smallest absolute Gasteiger partial charge is 0.302 e. The lowest BCUT2D eigenvalue weighted by Gasteiger charge is -2.67. The third-order valence-corrected chi connectivity index (χ3v) is 9.89. The van der Waals surface area contributed by atoms with Crippen LogP contribution in [0.25, 0.3) is 0 Å². The number of esters is 1. The Bertz CT molecular complexity index is 1130. The number of allylic oxidation sites excluding steroid dienone is 3. The molecule has 1 aromatic rings. The van der Waals surface area contributed by atoms with Crippen LogP contribution in [0.2, 0.25) is 0 Å². The third kappa shape index (κ3) is 2.75. The quantitative estimate of drug-likeness (QED) is 0.650. The van der Waals surface area contributed by atoms with Gasteiger partial charge in [0.05, 0.1) is 24.5 Å². The third-order valence-electron chi connectivity index (χ3n) is 9.89. The molecule has 8 atom stereocenters. The average Bonchev–Trinajstić information content (AvgIpc) is 3.32. The maximum absolute atomic E-state index is 13.4. The highest BCUT2D eigenvalue weighted by Crippen LogP contribution is 2.72. The summed E-state index contributed by atoms with van der Waals surface area (Å²) in [5.41, 5.74) is -0.874. The molecule has 5 rings (SSSR count). The van der Waals surface area contributed by atoms with Gasteiger partial charge in [-0.05, 0) is 48.0 Å². The second-order valence-corrected chi connectivity index (χ2v) is 12.1. The fraction of sp³-hybridized carbons (Fsp3) is 0.607. The lowest BCUT2D eigenvalue weighted by molar-refractivity contribution is -0.208. The van der Waals surface area contributed by atoms with E-state index in [1.165, 1.54) is 6.92 Å². The number of furan rings is 1. The number of ketones is 2. The maximum Gasteiger partial charge on any atom is 0.302 e. The van der Waals surface area contributed by atoms with E-state index in [2.05, 4.69) is 6.92 Å². The van der Waals surface area contributed by atoms with Gasteiger partial charge in [0.2, 0.25) is 0 Å². The van der Waals surface area contributed by atoms with Crippen molar-refractivity contribution in [2.45, 2.75) is 72.5 Å². The van der Waals surface area contributed by atoms with Gasteiger partial charge in [0, 0.05) is 34.7 Å². The van der Waals surface area contributed by atoms with Crippen molar-refractivity contribution in [1.82, 2.24) is 0 Å². The molecule has 0 radical (unpaired) electrons. The molecule has 0 spiro atoms. The fourth-order valence-electron chi connectivity index (χ4n) is 8.62. The van der Waals surface area contributed by atoms with E-state index < -0.39 is 45.8 Å². The van der Waals surface area contributed by atoms with E-state index >= 15 is 0 Å². The van der Waals surface area contributed by atoms with Gasteiger partial charge in [-0.1, -0.05) is 40.7 Å². The van der Waals surface area contributed by atoms with Gasteiger partial charge in [0.1, 0.15) is 6.10 Å². The van der Waals surface area contributed by atoms with Crippen LogP contribution in [0.1, 0.15) is 65.9 Å². The molecule has 0 unspecified atom stereocenters. The van der Waals surface area contributed by atoms with Crippen LogP contribution in [0.5, 0.6) is 0 Å². The molecule has 1 aromatic heterocycles. The number of hydrogen-bond donors (Lipinski definition) is 1. The van der Waals surface area contributed by atoms with E-state index in [1.54, 1.807) is 24.7 Å². The summed E-state index contributed by atoms with van der Waals surface area (Å²) >= 11 is 0. The molecule has 0 bridgehead atoms. The zero-order valence-corrected chi connectivity index (χ0v) is 20.8. The average molecular weight is 467 g/mol. The number of fused-ring (bicyclic) bond motifs is 5. The van der Waals surface area contributed by atoms with Crippen LogP contribution in [0.15, 0.2) is 46.8 Å². The molecular weight excluding hydrogens is 432 g/mol. The summed E-state index contributed by atoms with van der Waals surface area (Å²) in [6.07, 6.45) is 8.09. The second-order valence-electron chi connectivity index (χ2n) is 12.1. The first kappa shape index (κ1) is 23.3. The van der Waals surface area contributed by atoms with E-state index in [-0.39, 0.29) is 23.4 Å². The highest BCUT2D eigenvalue weighted by molar-refractivity contribution is 6.01. The van der Waals surface area contributed by atoms with E-state index in [9.17, 15) is 19.5 Å². The topological polar surface area (TPSA) is 93.8 Å². The molecule has 6 nitrogen and oxygen atoms in total. The van der Waals surface area contributed by atoms with Gasteiger partial charge in [-0.25, -0.2) is 0 Å². The molecule has 0 aromatic carbocycles. The Kier molecular flexibility index (Phi) is 4.81. The van der Waals surface area contributed by atoms with Gasteiger partial charge in [-0.2, -0.15) is 0 Å². The van der Waals surface area contributed by atoms with Crippen molar-refractivity contribution in [3.05, 3.63) is 48.0 Å². The van der Waals surface area contributed by atoms with E-state index in [0.29, 0.717) is 12.8 Å². The van der Waals surface area contributed by atoms with Crippen molar-refractivity contribution in [2.24, 2.45) is 33.5 Å². The van der Waals surface area contributed by atoms with Crippen LogP contribution < -0.4 is 0 Å². The highest BCUT2D eigenvalue weighted by Gasteiger charge is 2.71. The number of carbonyl (C=O) groups is 3. The van der Waals surface area contributed by atoms with Crippen molar-refractivity contribution in [1.29, 1.82) is 0 Å². The molecule has 182 valence electrons. The minimum atomic E-state index is -0.779. The Morgan fingerprint density at radius 1 is 1.18 bits per heavy atom. The van der Waals surface area contributed by atoms with Gasteiger partial charge in [0.25, 0.3) is 0 Å². The van der Waals surface area contributed by atoms with Crippen LogP contribution >= 0.6 is 0 Å². The zero-order chi connectivity index (χ0) is 24.8. The Morgan fingerprint density at radius 3 is 2.50 bits per heavy atom. The van der Waals surface area contributed by atoms with Crippen LogP contribution in [-0.4, -0.2) is 34.9 Å². The van der Waals surface area contributed by atoms with Crippen molar-refractivity contribution in [2.75, 3.05) is 0 Å². The maximum atomic E-state index is 13.4. The lowest BCUT2D eigenvalue weighted by Crippen LogP contribution is -2.67. The number of aliphatic hydroxyl groups is 1. The lowest BCUT2D eigenvalue weighted by atomic mass is 9.38. The summed E-state index contributed by atoms with van der Waals surface area (Å²) in [4.78, 5) is 38.6. The first-order valence-corrected chi connectivity index (χ1v) is 12.2. The molecule has 1 heterocycles. The fourth-order valence-corrected chi connectivity index (χ4v) is 8.62. The largest absolute Gasteiger partial charge is 0.472 e. The Hall–Kier alpha value is -2.47. The summed E-state index contributed by atoms with van der Waals surface area (Å²) in [6.45, 7) is 11.5. The minimum absolute atomic E-state index is 0.0171. The molecule has 0 amide bonds. The van der Waals surface area contributed by atoms with E-state index in [1.807, 2.05) is 39.8 Å². The SMILES string of the molecule is CC(=O)O[C@@H]1C[C@H]2C(C)(C)C(=O)C=C[C@]2(C)[C@H]2[C@@H](O)C[C@]3(C)C(=CC(=O)[C@H]3c3ccoc3)[C@@]21C. The van der Waals surface area contributed by atoms with Crippen molar-refractivity contribution in [3.63, 3.8) is 0 Å². The standard InChI is InChI=1S/C28H34O6/c1-15(29)34-22-12-19-25(2,3)21(32)7-9-26(19,4)24-18(31)13-27(5)20(28(22,24)6)11-17(30)23(27)16-8-10-33-14-16/h7-11,14,18-19,22-24,31H,12-13H2,1-6H3/t18-,19-,22+,23+,24+,26-,27+,28+/m0/s1. The number of carbonyl (C=O) groups excluding carboxylic acids is 3.